The second-order valence-electron chi connectivity index (χ2n) is 6.46. The third-order valence-corrected chi connectivity index (χ3v) is 4.21. The molecule has 0 fully saturated rings. The highest BCUT2D eigenvalue weighted by atomic mass is 16.5. The van der Waals surface area contributed by atoms with Crippen LogP contribution < -0.4 is 0 Å². The van der Waals surface area contributed by atoms with Crippen LogP contribution in [-0.2, 0) is 32.2 Å². The first kappa shape index (κ1) is 20.6. The molecule has 0 aliphatic rings. The Hall–Kier alpha value is -2.66. The third-order valence-electron chi connectivity index (χ3n) is 4.21. The number of carbonyl (C=O) groups is 2. The fraction of sp³-hybridized carbons (Fsp3) is 0.364. The first-order valence-electron chi connectivity index (χ1n) is 9.13. The van der Waals surface area contributed by atoms with Crippen molar-refractivity contribution in [2.24, 2.45) is 0 Å². The molecule has 0 unspecified atom stereocenters. The lowest BCUT2D eigenvalue weighted by atomic mass is 10.1. The van der Waals surface area contributed by atoms with Crippen LogP contribution in [0.15, 0.2) is 60.7 Å². The van der Waals surface area contributed by atoms with Gasteiger partial charge in [-0.3, -0.25) is 14.5 Å². The van der Waals surface area contributed by atoms with Crippen LogP contribution in [0.4, 0.5) is 0 Å². The van der Waals surface area contributed by atoms with Crippen LogP contribution in [0.2, 0.25) is 0 Å². The van der Waals surface area contributed by atoms with Gasteiger partial charge in [0.05, 0.1) is 6.61 Å². The summed E-state index contributed by atoms with van der Waals surface area (Å²) >= 11 is 0. The van der Waals surface area contributed by atoms with Gasteiger partial charge in [0.1, 0.15) is 6.61 Å². The van der Waals surface area contributed by atoms with Crippen molar-refractivity contribution in [1.82, 2.24) is 4.90 Å². The van der Waals surface area contributed by atoms with E-state index in [0.29, 0.717) is 26.1 Å². The lowest BCUT2D eigenvalue weighted by Gasteiger charge is -2.31. The van der Waals surface area contributed by atoms with E-state index in [2.05, 4.69) is 29.2 Å². The molecule has 5 nitrogen and oxygen atoms in total. The maximum atomic E-state index is 11.3. The van der Waals surface area contributed by atoms with Gasteiger partial charge in [-0.25, -0.2) is 0 Å². The molecule has 0 heterocycles. The number of esters is 2. The summed E-state index contributed by atoms with van der Waals surface area (Å²) in [6, 6.07) is 20.3. The summed E-state index contributed by atoms with van der Waals surface area (Å²) < 4.78 is 10.4. The van der Waals surface area contributed by atoms with Crippen molar-refractivity contribution in [2.75, 3.05) is 13.2 Å². The van der Waals surface area contributed by atoms with Crippen LogP contribution in [0, 0.1) is 0 Å². The molecule has 27 heavy (non-hydrogen) atoms. The van der Waals surface area contributed by atoms with Crippen molar-refractivity contribution in [2.45, 2.75) is 39.4 Å². The van der Waals surface area contributed by atoms with Crippen LogP contribution in [0.5, 0.6) is 0 Å². The zero-order valence-corrected chi connectivity index (χ0v) is 16.0. The Morgan fingerprint density at radius 2 is 1.30 bits per heavy atom. The second kappa shape index (κ2) is 11.1. The molecule has 0 bridgehead atoms. The van der Waals surface area contributed by atoms with Gasteiger partial charge in [0.15, 0.2) is 0 Å². The first-order valence-corrected chi connectivity index (χ1v) is 9.13. The van der Waals surface area contributed by atoms with Gasteiger partial charge in [-0.15, -0.1) is 0 Å². The highest BCUT2D eigenvalue weighted by molar-refractivity contribution is 5.66. The highest BCUT2D eigenvalue weighted by Gasteiger charge is 2.21. The van der Waals surface area contributed by atoms with E-state index >= 15 is 0 Å². The maximum absolute atomic E-state index is 11.3. The van der Waals surface area contributed by atoms with Gasteiger partial charge in [0, 0.05) is 39.4 Å². The average Bonchev–Trinajstić information content (AvgIpc) is 2.65. The molecular formula is C22H27NO4. The van der Waals surface area contributed by atoms with Gasteiger partial charge in [0.2, 0.25) is 0 Å². The van der Waals surface area contributed by atoms with Gasteiger partial charge in [-0.05, 0) is 11.1 Å². The van der Waals surface area contributed by atoms with E-state index in [1.165, 1.54) is 25.0 Å². The highest BCUT2D eigenvalue weighted by Crippen LogP contribution is 2.16. The van der Waals surface area contributed by atoms with E-state index in [9.17, 15) is 9.59 Å². The molecule has 5 heteroatoms. The number of hydrogen-bond acceptors (Lipinski definition) is 5. The van der Waals surface area contributed by atoms with E-state index in [1.54, 1.807) is 0 Å². The summed E-state index contributed by atoms with van der Waals surface area (Å²) in [5.74, 6) is -0.620. The maximum Gasteiger partial charge on any atom is 0.302 e. The lowest BCUT2D eigenvalue weighted by molar-refractivity contribution is -0.145. The molecule has 2 rings (SSSR count). The predicted molar refractivity (Wildman–Crippen MR) is 104 cm³/mol. The molecule has 0 aliphatic carbocycles. The molecule has 0 radical (unpaired) electrons. The topological polar surface area (TPSA) is 55.8 Å². The zero-order valence-electron chi connectivity index (χ0n) is 16.0. The van der Waals surface area contributed by atoms with Crippen molar-refractivity contribution in [3.8, 4) is 0 Å². The summed E-state index contributed by atoms with van der Waals surface area (Å²) in [6.07, 6.45) is 0.590. The number of nitrogens with zero attached hydrogens (tertiary/aromatic N) is 1. The molecule has 0 saturated heterocycles. The molecule has 1 atom stereocenters. The van der Waals surface area contributed by atoms with E-state index in [0.717, 1.165) is 0 Å². The summed E-state index contributed by atoms with van der Waals surface area (Å²) in [7, 11) is 0. The molecule has 0 saturated carbocycles. The SMILES string of the molecule is CC(=O)OCC[C@@H](COC(C)=O)N(Cc1ccccc1)Cc1ccccc1. The second-order valence-corrected chi connectivity index (χ2v) is 6.46. The van der Waals surface area contributed by atoms with Gasteiger partial charge in [-0.1, -0.05) is 60.7 Å². The molecule has 2 aromatic carbocycles. The smallest absolute Gasteiger partial charge is 0.302 e. The number of rotatable bonds is 10. The Labute approximate surface area is 160 Å². The van der Waals surface area contributed by atoms with Gasteiger partial charge in [0.25, 0.3) is 0 Å². The molecular weight excluding hydrogens is 342 g/mol. The van der Waals surface area contributed by atoms with Gasteiger partial charge < -0.3 is 9.47 Å². The van der Waals surface area contributed by atoms with Crippen molar-refractivity contribution in [3.63, 3.8) is 0 Å². The van der Waals surface area contributed by atoms with Crippen LogP contribution in [0.1, 0.15) is 31.4 Å². The summed E-state index contributed by atoms with van der Waals surface area (Å²) in [5.41, 5.74) is 2.35. The van der Waals surface area contributed by atoms with Crippen LogP contribution in [-0.4, -0.2) is 36.1 Å². The predicted octanol–water partition coefficient (Wildman–Crippen LogP) is 3.57. The third kappa shape index (κ3) is 8.05. The van der Waals surface area contributed by atoms with E-state index in [4.69, 9.17) is 9.47 Å². The van der Waals surface area contributed by atoms with Gasteiger partial charge >= 0.3 is 11.9 Å². The Balaban J connectivity index is 2.17. The van der Waals surface area contributed by atoms with Crippen LogP contribution in [0.25, 0.3) is 0 Å². The van der Waals surface area contributed by atoms with Crippen LogP contribution >= 0.6 is 0 Å². The molecule has 0 amide bonds. The van der Waals surface area contributed by atoms with E-state index in [1.807, 2.05) is 36.4 Å². The minimum Gasteiger partial charge on any atom is -0.466 e. The first-order chi connectivity index (χ1) is 13.0. The summed E-state index contributed by atoms with van der Waals surface area (Å²) in [6.45, 7) is 4.77. The van der Waals surface area contributed by atoms with Crippen molar-refractivity contribution >= 4 is 11.9 Å². The van der Waals surface area contributed by atoms with Crippen molar-refractivity contribution < 1.29 is 19.1 Å². The minimum atomic E-state index is -0.313. The van der Waals surface area contributed by atoms with Crippen LogP contribution in [0.3, 0.4) is 0 Å². The van der Waals surface area contributed by atoms with Crippen molar-refractivity contribution in [3.05, 3.63) is 71.8 Å². The quantitative estimate of drug-likeness (QED) is 0.599. The molecule has 0 spiro atoms. The standard InChI is InChI=1S/C22H27NO4/c1-18(24)26-14-13-22(17-27-19(2)25)23(15-20-9-5-3-6-10-20)16-21-11-7-4-8-12-21/h3-12,22H,13-17H2,1-2H3/t22-/m0/s1. The minimum absolute atomic E-state index is 0.0614. The summed E-state index contributed by atoms with van der Waals surface area (Å²) in [4.78, 5) is 24.7. The van der Waals surface area contributed by atoms with E-state index < -0.39 is 0 Å². The van der Waals surface area contributed by atoms with Crippen molar-refractivity contribution in [1.29, 1.82) is 0 Å². The molecule has 0 N–H and O–H groups in total. The number of hydrogen-bond donors (Lipinski definition) is 0. The fourth-order valence-corrected chi connectivity index (χ4v) is 2.87. The molecule has 0 aromatic heterocycles. The molecule has 144 valence electrons. The normalized spacial score (nSPS) is 11.8. The Morgan fingerprint density at radius 3 is 1.74 bits per heavy atom. The average molecular weight is 369 g/mol. The van der Waals surface area contributed by atoms with E-state index in [-0.39, 0.29) is 24.6 Å². The molecule has 0 aliphatic heterocycles. The monoisotopic (exact) mass is 369 g/mol. The Morgan fingerprint density at radius 1 is 0.815 bits per heavy atom. The fourth-order valence-electron chi connectivity index (χ4n) is 2.87. The number of carbonyl (C=O) groups excluding carboxylic acids is 2. The lowest BCUT2D eigenvalue weighted by Crippen LogP contribution is -2.39. The largest absolute Gasteiger partial charge is 0.466 e. The summed E-state index contributed by atoms with van der Waals surface area (Å²) in [5, 5.41) is 0. The van der Waals surface area contributed by atoms with Gasteiger partial charge in [-0.2, -0.15) is 0 Å². The molecule has 2 aromatic rings. The number of ether oxygens (including phenoxy) is 2. The number of benzene rings is 2. The zero-order chi connectivity index (χ0) is 19.5. The Bertz CT molecular complexity index is 661. The Kier molecular flexibility index (Phi) is 8.52.